The number of anilines is 1. The topological polar surface area (TPSA) is 87.4 Å². The molecule has 0 saturated carbocycles. The molecule has 1 aromatic heterocycles. The van der Waals surface area contributed by atoms with E-state index < -0.39 is 11.4 Å². The maximum Gasteiger partial charge on any atom is 0.359 e. The lowest BCUT2D eigenvalue weighted by atomic mass is 10.2. The van der Waals surface area contributed by atoms with Crippen LogP contribution in [-0.4, -0.2) is 20.9 Å². The van der Waals surface area contributed by atoms with Crippen molar-refractivity contribution in [1.82, 2.24) is 14.1 Å². The molecule has 26 heavy (non-hydrogen) atoms. The molecule has 2 heterocycles. The van der Waals surface area contributed by atoms with E-state index in [4.69, 9.17) is 9.47 Å². The average Bonchev–Trinajstić information content (AvgIpc) is 3.12. The summed E-state index contributed by atoms with van der Waals surface area (Å²) in [5.41, 5.74) is 0.292. The molecule has 4 rings (SSSR count). The summed E-state index contributed by atoms with van der Waals surface area (Å²) in [6.07, 6.45) is 0. The molecule has 0 bridgehead atoms. The molecular formula is C18H16N4O4. The molecule has 0 spiro atoms. The number of aromatic nitrogens is 3. The van der Waals surface area contributed by atoms with Gasteiger partial charge in [-0.25, -0.2) is 14.2 Å². The third kappa shape index (κ3) is 2.81. The molecule has 1 aliphatic rings. The fraction of sp³-hybridized carbons (Fsp3) is 0.167. The molecule has 1 aliphatic heterocycles. The third-order valence-electron chi connectivity index (χ3n) is 4.09. The highest BCUT2D eigenvalue weighted by atomic mass is 16.7. The van der Waals surface area contributed by atoms with Crippen LogP contribution >= 0.6 is 0 Å². The molecule has 0 aliphatic carbocycles. The maximum atomic E-state index is 12.6. The number of nitrogens with one attached hydrogen (secondary N) is 1. The van der Waals surface area contributed by atoms with Gasteiger partial charge in [0.05, 0.1) is 5.69 Å². The van der Waals surface area contributed by atoms with Crippen molar-refractivity contribution in [1.29, 1.82) is 0 Å². The van der Waals surface area contributed by atoms with Crippen molar-refractivity contribution < 1.29 is 9.47 Å². The van der Waals surface area contributed by atoms with E-state index in [1.165, 1.54) is 4.57 Å². The Balaban J connectivity index is 1.62. The van der Waals surface area contributed by atoms with Crippen LogP contribution in [0.2, 0.25) is 0 Å². The van der Waals surface area contributed by atoms with Gasteiger partial charge in [-0.05, 0) is 29.8 Å². The zero-order valence-electron chi connectivity index (χ0n) is 14.0. The second kappa shape index (κ2) is 6.40. The van der Waals surface area contributed by atoms with Crippen LogP contribution in [-0.2, 0) is 13.6 Å². The van der Waals surface area contributed by atoms with Gasteiger partial charge in [-0.15, -0.1) is 0 Å². The van der Waals surface area contributed by atoms with Crippen molar-refractivity contribution in [2.75, 3.05) is 12.1 Å². The first kappa shape index (κ1) is 15.9. The molecule has 8 nitrogen and oxygen atoms in total. The Morgan fingerprint density at radius 2 is 1.85 bits per heavy atom. The van der Waals surface area contributed by atoms with Crippen LogP contribution in [0, 0.1) is 0 Å². The third-order valence-corrected chi connectivity index (χ3v) is 4.09. The van der Waals surface area contributed by atoms with Crippen molar-refractivity contribution in [3.8, 4) is 17.2 Å². The number of fused-ring (bicyclic) bond motifs is 1. The van der Waals surface area contributed by atoms with Crippen molar-refractivity contribution in [2.45, 2.75) is 6.54 Å². The van der Waals surface area contributed by atoms with E-state index in [-0.39, 0.29) is 12.7 Å². The molecular weight excluding hydrogens is 336 g/mol. The van der Waals surface area contributed by atoms with Crippen LogP contribution in [0.4, 0.5) is 5.95 Å². The quantitative estimate of drug-likeness (QED) is 0.761. The highest BCUT2D eigenvalue weighted by molar-refractivity contribution is 5.45. The Bertz CT molecular complexity index is 1070. The summed E-state index contributed by atoms with van der Waals surface area (Å²) in [5, 5.41) is 3.02. The van der Waals surface area contributed by atoms with Crippen molar-refractivity contribution >= 4 is 5.95 Å². The fourth-order valence-electron chi connectivity index (χ4n) is 2.73. The van der Waals surface area contributed by atoms with E-state index >= 15 is 0 Å². The summed E-state index contributed by atoms with van der Waals surface area (Å²) in [4.78, 5) is 28.9. The minimum Gasteiger partial charge on any atom is -0.454 e. The largest absolute Gasteiger partial charge is 0.454 e. The normalized spacial score (nSPS) is 12.2. The minimum absolute atomic E-state index is 0.199. The monoisotopic (exact) mass is 352 g/mol. The summed E-state index contributed by atoms with van der Waals surface area (Å²) in [6, 6.07) is 14.2. The number of rotatable bonds is 4. The lowest BCUT2D eigenvalue weighted by Crippen LogP contribution is -2.40. The Kier molecular flexibility index (Phi) is 3.92. The molecule has 2 aromatic carbocycles. The van der Waals surface area contributed by atoms with Gasteiger partial charge in [0.1, 0.15) is 0 Å². The second-order valence-electron chi connectivity index (χ2n) is 5.77. The predicted molar refractivity (Wildman–Crippen MR) is 95.0 cm³/mol. The Morgan fingerprint density at radius 1 is 1.08 bits per heavy atom. The SMILES string of the molecule is Cn1c(NCc2ccc3c(c2)OCO3)nc(=O)n(-c2ccccc2)c1=O. The molecule has 0 radical (unpaired) electrons. The molecule has 0 unspecified atom stereocenters. The summed E-state index contributed by atoms with van der Waals surface area (Å²) in [6.45, 7) is 0.589. The number of benzene rings is 2. The van der Waals surface area contributed by atoms with Crippen LogP contribution < -0.4 is 26.2 Å². The van der Waals surface area contributed by atoms with Crippen molar-refractivity contribution in [3.63, 3.8) is 0 Å². The molecule has 3 aromatic rings. The van der Waals surface area contributed by atoms with Crippen LogP contribution in [0.5, 0.6) is 11.5 Å². The molecule has 0 saturated heterocycles. The minimum atomic E-state index is -0.632. The summed E-state index contributed by atoms with van der Waals surface area (Å²) < 4.78 is 13.0. The smallest absolute Gasteiger partial charge is 0.359 e. The molecule has 0 fully saturated rings. The lowest BCUT2D eigenvalue weighted by Gasteiger charge is -2.12. The van der Waals surface area contributed by atoms with Gasteiger partial charge in [0.15, 0.2) is 11.5 Å². The van der Waals surface area contributed by atoms with Gasteiger partial charge in [0, 0.05) is 13.6 Å². The maximum absolute atomic E-state index is 12.6. The van der Waals surface area contributed by atoms with Crippen molar-refractivity contribution in [3.05, 3.63) is 75.1 Å². The van der Waals surface area contributed by atoms with E-state index in [0.29, 0.717) is 23.7 Å². The number of ether oxygens (including phenoxy) is 2. The van der Waals surface area contributed by atoms with Crippen molar-refractivity contribution in [2.24, 2.45) is 7.05 Å². The van der Waals surface area contributed by atoms with Gasteiger partial charge in [-0.1, -0.05) is 24.3 Å². The fourth-order valence-corrected chi connectivity index (χ4v) is 2.73. The Labute approximate surface area is 148 Å². The van der Waals surface area contributed by atoms with E-state index in [9.17, 15) is 9.59 Å². The summed E-state index contributed by atoms with van der Waals surface area (Å²) >= 11 is 0. The Morgan fingerprint density at radius 3 is 2.65 bits per heavy atom. The van der Waals surface area contributed by atoms with Gasteiger partial charge in [0.2, 0.25) is 12.7 Å². The zero-order chi connectivity index (χ0) is 18.1. The van der Waals surface area contributed by atoms with E-state index in [1.54, 1.807) is 31.3 Å². The highest BCUT2D eigenvalue weighted by Crippen LogP contribution is 2.32. The van der Waals surface area contributed by atoms with Crippen LogP contribution in [0.25, 0.3) is 5.69 Å². The predicted octanol–water partition coefficient (Wildman–Crippen LogP) is 1.27. The van der Waals surface area contributed by atoms with Crippen LogP contribution in [0.3, 0.4) is 0 Å². The van der Waals surface area contributed by atoms with Gasteiger partial charge in [-0.3, -0.25) is 4.57 Å². The molecule has 0 atom stereocenters. The van der Waals surface area contributed by atoms with Crippen LogP contribution in [0.1, 0.15) is 5.56 Å². The zero-order valence-corrected chi connectivity index (χ0v) is 14.0. The first-order valence-corrected chi connectivity index (χ1v) is 8.01. The van der Waals surface area contributed by atoms with E-state index in [2.05, 4.69) is 10.3 Å². The number of hydrogen-bond acceptors (Lipinski definition) is 6. The molecule has 8 heteroatoms. The first-order chi connectivity index (χ1) is 12.6. The first-order valence-electron chi connectivity index (χ1n) is 8.01. The standard InChI is InChI=1S/C18H16N4O4/c1-21-16(19-10-12-7-8-14-15(9-12)26-11-25-14)20-17(23)22(18(21)24)13-5-3-2-4-6-13/h2-9H,10-11H2,1H3,(H,19,20,23). The van der Waals surface area contributed by atoms with Gasteiger partial charge in [0.25, 0.3) is 0 Å². The van der Waals surface area contributed by atoms with Gasteiger partial charge >= 0.3 is 11.4 Å². The van der Waals surface area contributed by atoms with E-state index in [1.807, 2.05) is 24.3 Å². The summed E-state index contributed by atoms with van der Waals surface area (Å²) in [5.74, 6) is 1.57. The number of hydrogen-bond donors (Lipinski definition) is 1. The van der Waals surface area contributed by atoms with E-state index in [0.717, 1.165) is 10.1 Å². The molecule has 1 N–H and O–H groups in total. The second-order valence-corrected chi connectivity index (χ2v) is 5.77. The number of nitrogens with zero attached hydrogens (tertiary/aromatic N) is 3. The summed E-state index contributed by atoms with van der Waals surface area (Å²) in [7, 11) is 1.57. The lowest BCUT2D eigenvalue weighted by molar-refractivity contribution is 0.174. The highest BCUT2D eigenvalue weighted by Gasteiger charge is 2.14. The van der Waals surface area contributed by atoms with Gasteiger partial charge < -0.3 is 14.8 Å². The molecule has 0 amide bonds. The van der Waals surface area contributed by atoms with Crippen LogP contribution in [0.15, 0.2) is 58.1 Å². The average molecular weight is 352 g/mol. The number of para-hydroxylation sites is 1. The Hall–Kier alpha value is -3.55. The molecule has 132 valence electrons. The van der Waals surface area contributed by atoms with Gasteiger partial charge in [-0.2, -0.15) is 4.98 Å².